The second-order valence-electron chi connectivity index (χ2n) is 6.22. The first-order chi connectivity index (χ1) is 14.0. The minimum absolute atomic E-state index is 0.276. The molecular weight excluding hydrogens is 375 g/mol. The number of carbonyl (C=O) groups excluding carboxylic acids is 2. The highest BCUT2D eigenvalue weighted by Gasteiger charge is 2.09. The summed E-state index contributed by atoms with van der Waals surface area (Å²) in [5, 5.41) is 0. The van der Waals surface area contributed by atoms with Crippen LogP contribution in [0, 0.1) is 12.7 Å². The molecule has 0 spiro atoms. The predicted octanol–water partition coefficient (Wildman–Crippen LogP) is 3.77. The van der Waals surface area contributed by atoms with Crippen molar-refractivity contribution >= 4 is 17.8 Å². The summed E-state index contributed by atoms with van der Waals surface area (Å²) in [7, 11) is 1.56. The molecule has 0 aliphatic heterocycles. The van der Waals surface area contributed by atoms with E-state index in [9.17, 15) is 14.0 Å². The molecule has 0 aliphatic rings. The lowest BCUT2D eigenvalue weighted by molar-refractivity contribution is -0.136. The molecule has 148 valence electrons. The molecule has 2 aromatic carbocycles. The Kier molecular flexibility index (Phi) is 6.19. The monoisotopic (exact) mass is 394 g/mol. The molecule has 0 saturated carbocycles. The largest absolute Gasteiger partial charge is 0.495 e. The Morgan fingerprint density at radius 1 is 1.17 bits per heavy atom. The van der Waals surface area contributed by atoms with Crippen molar-refractivity contribution in [3.05, 3.63) is 83.7 Å². The summed E-state index contributed by atoms with van der Waals surface area (Å²) < 4.78 is 25.1. The van der Waals surface area contributed by atoms with Gasteiger partial charge in [-0.25, -0.2) is 14.2 Å². The van der Waals surface area contributed by atoms with Gasteiger partial charge < -0.3 is 14.0 Å². The third kappa shape index (κ3) is 5.16. The number of ketones is 1. The third-order valence-electron chi connectivity index (χ3n) is 4.12. The zero-order chi connectivity index (χ0) is 20.8. The van der Waals surface area contributed by atoms with E-state index in [1.165, 1.54) is 30.3 Å². The molecule has 0 N–H and O–H groups in total. The maximum Gasteiger partial charge on any atom is 0.331 e. The number of imidazole rings is 1. The fraction of sp³-hybridized carbons (Fsp3) is 0.136. The van der Waals surface area contributed by atoms with E-state index in [-0.39, 0.29) is 5.56 Å². The molecule has 0 unspecified atom stereocenters. The van der Waals surface area contributed by atoms with Crippen LogP contribution in [0.3, 0.4) is 0 Å². The molecule has 0 atom stereocenters. The van der Waals surface area contributed by atoms with Gasteiger partial charge in [0.25, 0.3) is 0 Å². The maximum atomic E-state index is 12.9. The number of benzene rings is 2. The van der Waals surface area contributed by atoms with Crippen LogP contribution in [-0.2, 0) is 9.53 Å². The van der Waals surface area contributed by atoms with E-state index in [1.807, 2.05) is 29.8 Å². The number of ether oxygens (including phenoxy) is 2. The van der Waals surface area contributed by atoms with Crippen LogP contribution in [0.2, 0.25) is 0 Å². The zero-order valence-electron chi connectivity index (χ0n) is 16.0. The second-order valence-corrected chi connectivity index (χ2v) is 6.22. The highest BCUT2D eigenvalue weighted by molar-refractivity contribution is 5.98. The molecule has 0 amide bonds. The molecule has 1 heterocycles. The van der Waals surface area contributed by atoms with Gasteiger partial charge in [-0.3, -0.25) is 4.79 Å². The highest BCUT2D eigenvalue weighted by Crippen LogP contribution is 2.25. The van der Waals surface area contributed by atoms with Gasteiger partial charge in [0, 0.05) is 17.8 Å². The second kappa shape index (κ2) is 8.97. The van der Waals surface area contributed by atoms with Crippen molar-refractivity contribution in [1.29, 1.82) is 0 Å². The van der Waals surface area contributed by atoms with Crippen LogP contribution >= 0.6 is 0 Å². The molecule has 0 fully saturated rings. The van der Waals surface area contributed by atoms with E-state index in [4.69, 9.17) is 9.47 Å². The number of rotatable bonds is 7. The number of hydrogen-bond acceptors (Lipinski definition) is 5. The van der Waals surface area contributed by atoms with Crippen LogP contribution < -0.4 is 4.74 Å². The van der Waals surface area contributed by atoms with Gasteiger partial charge in [0.15, 0.2) is 12.4 Å². The quantitative estimate of drug-likeness (QED) is 0.347. The van der Waals surface area contributed by atoms with Crippen molar-refractivity contribution in [2.24, 2.45) is 0 Å². The Balaban J connectivity index is 1.62. The summed E-state index contributed by atoms with van der Waals surface area (Å²) in [6, 6.07) is 10.5. The first-order valence-electron chi connectivity index (χ1n) is 8.79. The molecule has 0 aliphatic carbocycles. The molecule has 6 nitrogen and oxygen atoms in total. The number of halogens is 1. The fourth-order valence-electron chi connectivity index (χ4n) is 2.63. The van der Waals surface area contributed by atoms with E-state index in [2.05, 4.69) is 4.98 Å². The molecule has 0 saturated heterocycles. The van der Waals surface area contributed by atoms with E-state index < -0.39 is 24.2 Å². The van der Waals surface area contributed by atoms with Gasteiger partial charge in [-0.15, -0.1) is 0 Å². The molecule has 29 heavy (non-hydrogen) atoms. The van der Waals surface area contributed by atoms with Gasteiger partial charge in [-0.05, 0) is 55.0 Å². The Morgan fingerprint density at radius 3 is 2.59 bits per heavy atom. The lowest BCUT2D eigenvalue weighted by Gasteiger charge is -2.10. The van der Waals surface area contributed by atoms with E-state index in [1.54, 1.807) is 25.6 Å². The van der Waals surface area contributed by atoms with Crippen molar-refractivity contribution in [2.75, 3.05) is 13.7 Å². The Hall–Kier alpha value is -3.74. The van der Waals surface area contributed by atoms with Crippen molar-refractivity contribution in [1.82, 2.24) is 9.55 Å². The van der Waals surface area contributed by atoms with E-state index in [0.717, 1.165) is 16.9 Å². The minimum Gasteiger partial charge on any atom is -0.495 e. The van der Waals surface area contributed by atoms with Crippen LogP contribution in [0.25, 0.3) is 11.8 Å². The average molecular weight is 394 g/mol. The van der Waals surface area contributed by atoms with Crippen molar-refractivity contribution in [3.63, 3.8) is 0 Å². The van der Waals surface area contributed by atoms with Crippen LogP contribution in [0.5, 0.6) is 5.75 Å². The van der Waals surface area contributed by atoms with E-state index in [0.29, 0.717) is 5.75 Å². The first kappa shape index (κ1) is 20.0. The molecule has 0 bridgehead atoms. The fourth-order valence-corrected chi connectivity index (χ4v) is 2.63. The summed E-state index contributed by atoms with van der Waals surface area (Å²) in [6.07, 6.45) is 6.37. The first-order valence-corrected chi connectivity index (χ1v) is 8.79. The summed E-state index contributed by atoms with van der Waals surface area (Å²) in [6.45, 7) is 1.48. The Bertz CT molecular complexity index is 1050. The normalized spacial score (nSPS) is 10.9. The number of nitrogens with zero attached hydrogens (tertiary/aromatic N) is 2. The van der Waals surface area contributed by atoms with Gasteiger partial charge in [0.05, 0.1) is 24.8 Å². The van der Waals surface area contributed by atoms with Gasteiger partial charge in [0.1, 0.15) is 11.6 Å². The number of hydrogen-bond donors (Lipinski definition) is 0. The summed E-state index contributed by atoms with van der Waals surface area (Å²) in [5.74, 6) is -0.891. The number of Topliss-reactive ketones (excluding diaryl/α,β-unsaturated/α-hetero) is 1. The molecule has 7 heteroatoms. The molecule has 0 radical (unpaired) electrons. The van der Waals surface area contributed by atoms with Gasteiger partial charge in [-0.2, -0.15) is 0 Å². The van der Waals surface area contributed by atoms with Crippen LogP contribution in [0.4, 0.5) is 4.39 Å². The predicted molar refractivity (Wildman–Crippen MR) is 106 cm³/mol. The van der Waals surface area contributed by atoms with Gasteiger partial charge >= 0.3 is 5.97 Å². The van der Waals surface area contributed by atoms with Crippen LogP contribution in [0.1, 0.15) is 21.6 Å². The number of aryl methyl sites for hydroxylation is 1. The Labute approximate surface area is 167 Å². The topological polar surface area (TPSA) is 70.4 Å². The smallest absolute Gasteiger partial charge is 0.331 e. The molecule has 3 rings (SSSR count). The summed E-state index contributed by atoms with van der Waals surface area (Å²) >= 11 is 0. The summed E-state index contributed by atoms with van der Waals surface area (Å²) in [4.78, 5) is 28.0. The lowest BCUT2D eigenvalue weighted by atomic mass is 10.1. The van der Waals surface area contributed by atoms with Gasteiger partial charge in [-0.1, -0.05) is 6.07 Å². The zero-order valence-corrected chi connectivity index (χ0v) is 16.0. The van der Waals surface area contributed by atoms with Crippen molar-refractivity contribution < 1.29 is 23.5 Å². The van der Waals surface area contributed by atoms with E-state index >= 15 is 0 Å². The van der Waals surface area contributed by atoms with Crippen molar-refractivity contribution in [2.45, 2.75) is 6.92 Å². The lowest BCUT2D eigenvalue weighted by Crippen LogP contribution is -2.12. The highest BCUT2D eigenvalue weighted by atomic mass is 19.1. The number of carbonyl (C=O) groups is 2. The SMILES string of the molecule is COc1cc(C=CC(=O)OCC(=O)c2ccc(F)cc2)ccc1-n1cnc(C)c1. The van der Waals surface area contributed by atoms with Crippen LogP contribution in [0.15, 0.2) is 61.1 Å². The minimum atomic E-state index is -0.659. The summed E-state index contributed by atoms with van der Waals surface area (Å²) in [5.41, 5.74) is 2.70. The number of aromatic nitrogens is 2. The third-order valence-corrected chi connectivity index (χ3v) is 4.12. The van der Waals surface area contributed by atoms with Gasteiger partial charge in [0.2, 0.25) is 0 Å². The molecule has 3 aromatic rings. The molecule has 1 aromatic heterocycles. The number of esters is 1. The van der Waals surface area contributed by atoms with Crippen LogP contribution in [-0.4, -0.2) is 35.0 Å². The maximum absolute atomic E-state index is 12.9. The van der Waals surface area contributed by atoms with Crippen molar-refractivity contribution in [3.8, 4) is 11.4 Å². The number of methoxy groups -OCH3 is 1. The molecular formula is C22H19FN2O4. The Morgan fingerprint density at radius 2 is 1.93 bits per heavy atom. The standard InChI is InChI=1S/C22H19FN2O4/c1-15-12-25(14-24-15)19-9-3-16(11-21(19)28-2)4-10-22(27)29-13-20(26)17-5-7-18(23)8-6-17/h3-12,14H,13H2,1-2H3. The average Bonchev–Trinajstić information content (AvgIpc) is 3.16.